The van der Waals surface area contributed by atoms with Crippen molar-refractivity contribution in [3.8, 4) is 5.75 Å². The minimum Gasteiger partial charge on any atom is -0.478 e. The molecule has 3 aromatic carbocycles. The van der Waals surface area contributed by atoms with E-state index in [1.165, 1.54) is 35.5 Å². The first kappa shape index (κ1) is 28.7. The fourth-order valence-electron chi connectivity index (χ4n) is 4.32. The van der Waals surface area contributed by atoms with Gasteiger partial charge in [0.15, 0.2) is 0 Å². The number of rotatable bonds is 9. The SMILES string of the molecule is Cn1cc(CCO[Si](c2ccccc2)c2ccc(C(C)(C)C)cc2)c(C(=O)O)c(OC(=O)c2ccccc2)c1=O. The van der Waals surface area contributed by atoms with E-state index in [2.05, 4.69) is 45.0 Å². The maximum Gasteiger partial charge on any atom is 0.343 e. The second-order valence-electron chi connectivity index (χ2n) is 10.5. The molecular weight excluding hydrogens is 522 g/mol. The fourth-order valence-corrected chi connectivity index (χ4v) is 6.26. The smallest absolute Gasteiger partial charge is 0.343 e. The lowest BCUT2D eigenvalue weighted by atomic mass is 9.87. The minimum absolute atomic E-state index is 0.0250. The first-order valence-corrected chi connectivity index (χ1v) is 14.4. The topological polar surface area (TPSA) is 94.8 Å². The number of carbonyl (C=O) groups is 2. The Labute approximate surface area is 235 Å². The third-order valence-electron chi connectivity index (χ3n) is 6.50. The van der Waals surface area contributed by atoms with Crippen LogP contribution in [0, 0.1) is 0 Å². The first-order chi connectivity index (χ1) is 19.1. The molecule has 0 amide bonds. The van der Waals surface area contributed by atoms with E-state index in [0.29, 0.717) is 5.56 Å². The van der Waals surface area contributed by atoms with Gasteiger partial charge in [-0.2, -0.15) is 0 Å². The number of hydrogen-bond acceptors (Lipinski definition) is 5. The molecule has 0 unspecified atom stereocenters. The highest BCUT2D eigenvalue weighted by Gasteiger charge is 2.26. The number of carbonyl (C=O) groups excluding carboxylic acids is 1. The van der Waals surface area contributed by atoms with E-state index in [1.54, 1.807) is 18.2 Å². The fraction of sp³-hybridized carbons (Fsp3) is 0.219. The van der Waals surface area contributed by atoms with E-state index >= 15 is 0 Å². The molecule has 0 aliphatic rings. The van der Waals surface area contributed by atoms with Crippen molar-refractivity contribution in [2.75, 3.05) is 6.61 Å². The monoisotopic (exact) mass is 554 g/mol. The van der Waals surface area contributed by atoms with Gasteiger partial charge >= 0.3 is 11.9 Å². The molecular formula is C32H32NO6Si. The van der Waals surface area contributed by atoms with Crippen LogP contribution in [0.5, 0.6) is 5.75 Å². The molecule has 1 radical (unpaired) electrons. The zero-order valence-electron chi connectivity index (χ0n) is 23.0. The number of aromatic nitrogens is 1. The molecule has 0 saturated carbocycles. The summed E-state index contributed by atoms with van der Waals surface area (Å²) < 4.78 is 13.0. The number of ether oxygens (including phenoxy) is 1. The summed E-state index contributed by atoms with van der Waals surface area (Å²) in [6, 6.07) is 26.5. The van der Waals surface area contributed by atoms with Gasteiger partial charge in [-0.15, -0.1) is 0 Å². The number of benzene rings is 3. The van der Waals surface area contributed by atoms with Crippen LogP contribution in [0.3, 0.4) is 0 Å². The van der Waals surface area contributed by atoms with Crippen LogP contribution in [0.2, 0.25) is 0 Å². The lowest BCUT2D eigenvalue weighted by Gasteiger charge is -2.21. The van der Waals surface area contributed by atoms with Crippen molar-refractivity contribution in [2.45, 2.75) is 32.6 Å². The summed E-state index contributed by atoms with van der Waals surface area (Å²) in [7, 11) is -0.153. The molecule has 7 nitrogen and oxygen atoms in total. The zero-order chi connectivity index (χ0) is 28.9. The molecule has 0 atom stereocenters. The molecule has 0 spiro atoms. The molecule has 4 rings (SSSR count). The average Bonchev–Trinajstić information content (AvgIpc) is 2.94. The van der Waals surface area contributed by atoms with Crippen LogP contribution in [0.15, 0.2) is 95.9 Å². The standard InChI is InChI=1S/C32H32NO6Si/c1-32(2,3)24-15-17-26(18-16-24)40(25-13-9-6-10-14-25)38-20-19-23-21-33(4)29(34)28(27(23)30(35)36)39-31(37)22-11-7-5-8-12-22/h5-18,21H,19-20H2,1-4H3,(H,35,36). The minimum atomic E-state index is -1.65. The average molecular weight is 555 g/mol. The van der Waals surface area contributed by atoms with Crippen LogP contribution in [-0.2, 0) is 23.3 Å². The van der Waals surface area contributed by atoms with Crippen LogP contribution in [0.1, 0.15) is 52.6 Å². The summed E-state index contributed by atoms with van der Waals surface area (Å²) in [5.41, 5.74) is 0.750. The van der Waals surface area contributed by atoms with Crippen molar-refractivity contribution < 1.29 is 23.9 Å². The van der Waals surface area contributed by atoms with Gasteiger partial charge in [-0.3, -0.25) is 4.79 Å². The lowest BCUT2D eigenvalue weighted by molar-refractivity contribution is 0.0678. The third-order valence-corrected chi connectivity index (χ3v) is 8.71. The summed E-state index contributed by atoms with van der Waals surface area (Å²) in [4.78, 5) is 37.8. The van der Waals surface area contributed by atoms with Gasteiger partial charge in [0.25, 0.3) is 14.6 Å². The summed E-state index contributed by atoms with van der Waals surface area (Å²) in [6.07, 6.45) is 1.66. The van der Waals surface area contributed by atoms with Crippen LogP contribution in [0.25, 0.3) is 0 Å². The molecule has 1 N–H and O–H groups in total. The van der Waals surface area contributed by atoms with Gasteiger partial charge in [-0.05, 0) is 45.5 Å². The second-order valence-corrected chi connectivity index (χ2v) is 12.6. The highest BCUT2D eigenvalue weighted by molar-refractivity contribution is 6.80. The maximum absolute atomic E-state index is 12.9. The van der Waals surface area contributed by atoms with Gasteiger partial charge in [0.2, 0.25) is 5.75 Å². The lowest BCUT2D eigenvalue weighted by Crippen LogP contribution is -2.45. The van der Waals surface area contributed by atoms with Crippen molar-refractivity contribution in [3.63, 3.8) is 0 Å². The van der Waals surface area contributed by atoms with Gasteiger partial charge in [0, 0.05) is 19.9 Å². The number of esters is 1. The Morgan fingerprint density at radius 2 is 1.45 bits per heavy atom. The summed E-state index contributed by atoms with van der Waals surface area (Å²) in [6.45, 7) is 6.70. The van der Waals surface area contributed by atoms with Gasteiger partial charge in [0.05, 0.1) is 5.56 Å². The molecule has 0 saturated heterocycles. The van der Waals surface area contributed by atoms with Crippen molar-refractivity contribution >= 4 is 31.4 Å². The van der Waals surface area contributed by atoms with E-state index in [-0.39, 0.29) is 29.6 Å². The van der Waals surface area contributed by atoms with Crippen LogP contribution in [-0.4, -0.2) is 37.3 Å². The quantitative estimate of drug-likeness (QED) is 0.249. The molecule has 40 heavy (non-hydrogen) atoms. The molecule has 0 aliphatic carbocycles. The molecule has 0 bridgehead atoms. The van der Waals surface area contributed by atoms with Crippen LogP contribution < -0.4 is 20.7 Å². The van der Waals surface area contributed by atoms with Crippen molar-refractivity contribution in [1.29, 1.82) is 0 Å². The van der Waals surface area contributed by atoms with E-state index in [4.69, 9.17) is 9.16 Å². The Morgan fingerprint density at radius 1 is 0.875 bits per heavy atom. The molecule has 8 heteroatoms. The Balaban J connectivity index is 1.61. The molecule has 1 heterocycles. The van der Waals surface area contributed by atoms with E-state index in [9.17, 15) is 19.5 Å². The van der Waals surface area contributed by atoms with Gasteiger partial charge < -0.3 is 18.8 Å². The van der Waals surface area contributed by atoms with Gasteiger partial charge in [0.1, 0.15) is 5.56 Å². The van der Waals surface area contributed by atoms with Crippen molar-refractivity contribution in [3.05, 3.63) is 124 Å². The molecule has 0 fully saturated rings. The second kappa shape index (κ2) is 12.3. The van der Waals surface area contributed by atoms with Crippen LogP contribution >= 0.6 is 0 Å². The van der Waals surface area contributed by atoms with Crippen molar-refractivity contribution in [2.24, 2.45) is 7.05 Å². The predicted octanol–water partition coefficient (Wildman–Crippen LogP) is 3.97. The largest absolute Gasteiger partial charge is 0.478 e. The summed E-state index contributed by atoms with van der Waals surface area (Å²) in [5, 5.41) is 12.2. The number of aryl methyl sites for hydroxylation is 1. The maximum atomic E-state index is 12.9. The van der Waals surface area contributed by atoms with Gasteiger partial charge in [-0.25, -0.2) is 9.59 Å². The Hall–Kier alpha value is -4.27. The summed E-state index contributed by atoms with van der Waals surface area (Å²) >= 11 is 0. The van der Waals surface area contributed by atoms with Gasteiger partial charge in [-0.1, -0.05) is 93.6 Å². The molecule has 205 valence electrons. The number of hydrogen-bond donors (Lipinski definition) is 1. The zero-order valence-corrected chi connectivity index (χ0v) is 24.0. The Morgan fingerprint density at radius 3 is 2.02 bits per heavy atom. The van der Waals surface area contributed by atoms with Crippen molar-refractivity contribution in [1.82, 2.24) is 4.57 Å². The third kappa shape index (κ3) is 6.65. The number of carboxylic acids is 1. The van der Waals surface area contributed by atoms with E-state index in [0.717, 1.165) is 10.4 Å². The molecule has 0 aliphatic heterocycles. The first-order valence-electron chi connectivity index (χ1n) is 13.0. The summed E-state index contributed by atoms with van der Waals surface area (Å²) in [5.74, 6) is -2.66. The highest BCUT2D eigenvalue weighted by Crippen LogP contribution is 2.22. The van der Waals surface area contributed by atoms with E-state index < -0.39 is 32.3 Å². The Bertz CT molecular complexity index is 1540. The van der Waals surface area contributed by atoms with Crippen LogP contribution in [0.4, 0.5) is 0 Å². The number of carboxylic acid groups (broad SMARTS) is 1. The normalized spacial score (nSPS) is 11.4. The number of aromatic carboxylic acids is 1. The highest BCUT2D eigenvalue weighted by atomic mass is 28.3. The molecule has 1 aromatic heterocycles. The number of pyridine rings is 1. The predicted molar refractivity (Wildman–Crippen MR) is 156 cm³/mol. The van der Waals surface area contributed by atoms with E-state index in [1.807, 2.05) is 30.3 Å². The number of nitrogens with zero attached hydrogens (tertiary/aromatic N) is 1. The Kier molecular flexibility index (Phi) is 8.82. The molecule has 4 aromatic rings.